The molecule has 0 amide bonds. The molecule has 0 spiro atoms. The molecular formula is C13H21NO2. The molecule has 3 unspecified atom stereocenters. The molecule has 3 atom stereocenters. The van der Waals surface area contributed by atoms with E-state index in [9.17, 15) is 5.11 Å². The number of aliphatic hydroxyl groups is 1. The minimum Gasteiger partial charge on any atom is -0.468 e. The molecule has 16 heavy (non-hydrogen) atoms. The van der Waals surface area contributed by atoms with Gasteiger partial charge in [0.15, 0.2) is 0 Å². The summed E-state index contributed by atoms with van der Waals surface area (Å²) in [6.07, 6.45) is 6.27. The van der Waals surface area contributed by atoms with Crippen molar-refractivity contribution in [2.75, 3.05) is 6.61 Å². The van der Waals surface area contributed by atoms with Crippen LogP contribution in [0, 0.1) is 5.92 Å². The van der Waals surface area contributed by atoms with Gasteiger partial charge in [-0.3, -0.25) is 0 Å². The molecule has 1 aliphatic rings. The van der Waals surface area contributed by atoms with E-state index < -0.39 is 0 Å². The van der Waals surface area contributed by atoms with Gasteiger partial charge in [-0.1, -0.05) is 13.3 Å². The average molecular weight is 223 g/mol. The van der Waals surface area contributed by atoms with Gasteiger partial charge in [0.1, 0.15) is 5.76 Å². The Kier molecular flexibility index (Phi) is 4.02. The fourth-order valence-electron chi connectivity index (χ4n) is 2.62. The summed E-state index contributed by atoms with van der Waals surface area (Å²) in [4.78, 5) is 0. The number of aliphatic hydroxyl groups excluding tert-OH is 1. The molecule has 2 rings (SSSR count). The first-order valence-corrected chi connectivity index (χ1v) is 6.25. The van der Waals surface area contributed by atoms with Gasteiger partial charge < -0.3 is 14.8 Å². The summed E-state index contributed by atoms with van der Waals surface area (Å²) in [6.45, 7) is 2.45. The van der Waals surface area contributed by atoms with Gasteiger partial charge in [0.2, 0.25) is 0 Å². The van der Waals surface area contributed by atoms with Crippen molar-refractivity contribution in [3.63, 3.8) is 0 Å². The zero-order valence-electron chi connectivity index (χ0n) is 9.86. The van der Waals surface area contributed by atoms with Crippen LogP contribution in [0.4, 0.5) is 0 Å². The summed E-state index contributed by atoms with van der Waals surface area (Å²) in [6, 6.07) is 4.68. The highest BCUT2D eigenvalue weighted by molar-refractivity contribution is 5.05. The highest BCUT2D eigenvalue weighted by Crippen LogP contribution is 2.28. The smallest absolute Gasteiger partial charge is 0.120 e. The maximum atomic E-state index is 9.29. The van der Waals surface area contributed by atoms with Crippen LogP contribution in [-0.4, -0.2) is 17.8 Å². The molecule has 0 aromatic carbocycles. The lowest BCUT2D eigenvalue weighted by molar-refractivity contribution is 0.195. The summed E-state index contributed by atoms with van der Waals surface area (Å²) < 4.78 is 5.44. The molecule has 2 N–H and O–H groups in total. The molecule has 1 saturated carbocycles. The van der Waals surface area contributed by atoms with Crippen molar-refractivity contribution < 1.29 is 9.52 Å². The van der Waals surface area contributed by atoms with E-state index in [1.165, 1.54) is 12.8 Å². The third-order valence-corrected chi connectivity index (χ3v) is 3.60. The van der Waals surface area contributed by atoms with E-state index in [4.69, 9.17) is 4.42 Å². The standard InChI is InChI=1S/C13H21NO2/c1-2-11(13-7-4-8-16-13)14-12-6-3-5-10(12)9-15/h4,7-8,10-12,14-15H,2-3,5-6,9H2,1H3. The molecule has 3 nitrogen and oxygen atoms in total. The lowest BCUT2D eigenvalue weighted by atomic mass is 10.0. The van der Waals surface area contributed by atoms with Gasteiger partial charge >= 0.3 is 0 Å². The lowest BCUT2D eigenvalue weighted by Gasteiger charge is -2.24. The second-order valence-electron chi connectivity index (χ2n) is 4.62. The van der Waals surface area contributed by atoms with Crippen LogP contribution in [0.15, 0.2) is 22.8 Å². The van der Waals surface area contributed by atoms with E-state index in [1.807, 2.05) is 12.1 Å². The maximum absolute atomic E-state index is 9.29. The molecule has 3 heteroatoms. The van der Waals surface area contributed by atoms with Crippen LogP contribution >= 0.6 is 0 Å². The van der Waals surface area contributed by atoms with Crippen LogP contribution in [0.1, 0.15) is 44.4 Å². The molecule has 1 aromatic rings. The molecule has 1 fully saturated rings. The molecule has 0 radical (unpaired) electrons. The zero-order valence-corrected chi connectivity index (χ0v) is 9.86. The summed E-state index contributed by atoms with van der Waals surface area (Å²) >= 11 is 0. The van der Waals surface area contributed by atoms with Gasteiger partial charge in [0.05, 0.1) is 12.3 Å². The van der Waals surface area contributed by atoms with Crippen molar-refractivity contribution in [2.45, 2.75) is 44.7 Å². The van der Waals surface area contributed by atoms with Crippen LogP contribution in [0.5, 0.6) is 0 Å². The fraction of sp³-hybridized carbons (Fsp3) is 0.692. The molecule has 0 saturated heterocycles. The maximum Gasteiger partial charge on any atom is 0.120 e. The van der Waals surface area contributed by atoms with Crippen LogP contribution in [-0.2, 0) is 0 Å². The largest absolute Gasteiger partial charge is 0.468 e. The van der Waals surface area contributed by atoms with Crippen LogP contribution < -0.4 is 5.32 Å². The number of hydrogen-bond donors (Lipinski definition) is 2. The predicted octanol–water partition coefficient (Wildman–Crippen LogP) is 2.48. The topological polar surface area (TPSA) is 45.4 Å². The normalized spacial score (nSPS) is 27.1. The number of rotatable bonds is 5. The Hall–Kier alpha value is -0.800. The highest BCUT2D eigenvalue weighted by Gasteiger charge is 2.28. The first-order chi connectivity index (χ1) is 7.85. The van der Waals surface area contributed by atoms with Crippen molar-refractivity contribution >= 4 is 0 Å². The van der Waals surface area contributed by atoms with E-state index in [1.54, 1.807) is 6.26 Å². The van der Waals surface area contributed by atoms with Gasteiger partial charge in [-0.15, -0.1) is 0 Å². The SMILES string of the molecule is CCC(NC1CCCC1CO)c1ccco1. The van der Waals surface area contributed by atoms with Gasteiger partial charge in [0.25, 0.3) is 0 Å². The van der Waals surface area contributed by atoms with Crippen molar-refractivity contribution in [3.05, 3.63) is 24.2 Å². The van der Waals surface area contributed by atoms with Crippen molar-refractivity contribution in [3.8, 4) is 0 Å². The van der Waals surface area contributed by atoms with E-state index in [0.717, 1.165) is 18.6 Å². The second-order valence-corrected chi connectivity index (χ2v) is 4.62. The molecule has 0 aliphatic heterocycles. The highest BCUT2D eigenvalue weighted by atomic mass is 16.3. The molecule has 1 aliphatic carbocycles. The monoisotopic (exact) mass is 223 g/mol. The third kappa shape index (κ3) is 2.47. The second kappa shape index (κ2) is 5.51. The third-order valence-electron chi connectivity index (χ3n) is 3.60. The fourth-order valence-corrected chi connectivity index (χ4v) is 2.62. The van der Waals surface area contributed by atoms with Gasteiger partial charge in [0, 0.05) is 12.6 Å². The number of furan rings is 1. The van der Waals surface area contributed by atoms with E-state index >= 15 is 0 Å². The Morgan fingerprint density at radius 3 is 3.06 bits per heavy atom. The molecule has 0 bridgehead atoms. The van der Waals surface area contributed by atoms with Crippen LogP contribution in [0.2, 0.25) is 0 Å². The van der Waals surface area contributed by atoms with E-state index in [2.05, 4.69) is 12.2 Å². The molecular weight excluding hydrogens is 202 g/mol. The molecule has 1 aromatic heterocycles. The van der Waals surface area contributed by atoms with Crippen molar-refractivity contribution in [1.82, 2.24) is 5.32 Å². The molecule has 90 valence electrons. The van der Waals surface area contributed by atoms with E-state index in [-0.39, 0.29) is 6.04 Å². The zero-order chi connectivity index (χ0) is 11.4. The first kappa shape index (κ1) is 11.7. The quantitative estimate of drug-likeness (QED) is 0.806. The van der Waals surface area contributed by atoms with Crippen molar-refractivity contribution in [2.24, 2.45) is 5.92 Å². The Bertz CT molecular complexity index is 297. The Morgan fingerprint density at radius 2 is 2.44 bits per heavy atom. The molecule has 1 heterocycles. The minimum atomic E-state index is 0.284. The van der Waals surface area contributed by atoms with Crippen molar-refractivity contribution in [1.29, 1.82) is 0 Å². The van der Waals surface area contributed by atoms with Gasteiger partial charge in [-0.05, 0) is 37.3 Å². The minimum absolute atomic E-state index is 0.284. The van der Waals surface area contributed by atoms with Crippen LogP contribution in [0.3, 0.4) is 0 Å². The summed E-state index contributed by atoms with van der Waals surface area (Å²) in [5, 5.41) is 12.9. The Morgan fingerprint density at radius 1 is 1.56 bits per heavy atom. The number of hydrogen-bond acceptors (Lipinski definition) is 3. The summed E-state index contributed by atoms with van der Waals surface area (Å²) in [5.74, 6) is 1.43. The number of nitrogens with one attached hydrogen (secondary N) is 1. The van der Waals surface area contributed by atoms with E-state index in [0.29, 0.717) is 18.6 Å². The average Bonchev–Trinajstić information content (AvgIpc) is 2.96. The Labute approximate surface area is 96.8 Å². The predicted molar refractivity (Wildman–Crippen MR) is 63.1 cm³/mol. The Balaban J connectivity index is 1.96. The van der Waals surface area contributed by atoms with Gasteiger partial charge in [-0.25, -0.2) is 0 Å². The van der Waals surface area contributed by atoms with Crippen LogP contribution in [0.25, 0.3) is 0 Å². The van der Waals surface area contributed by atoms with Gasteiger partial charge in [-0.2, -0.15) is 0 Å². The summed E-state index contributed by atoms with van der Waals surface area (Å²) in [5.41, 5.74) is 0. The first-order valence-electron chi connectivity index (χ1n) is 6.25. The lowest BCUT2D eigenvalue weighted by Crippen LogP contribution is -2.36. The summed E-state index contributed by atoms with van der Waals surface area (Å²) in [7, 11) is 0.